The fraction of sp³-hybridized carbons (Fsp3) is 1.00. The summed E-state index contributed by atoms with van der Waals surface area (Å²) < 4.78 is 24.8. The smallest absolute Gasteiger partial charge is 0.174 e. The van der Waals surface area contributed by atoms with Crippen LogP contribution in [0.1, 0.15) is 65.2 Å². The standard InChI is InChI=1S/C23H37NO4/c1-20-7-8-22(25-9-10-26-22)14-15(20)13-18(24)19-16(20)3-5-21(2)17(19)4-6-23(21)27-11-12-28-23/h15-19H,3-14,24H2,1-2H3/t15?,16-,17-,18+,19+,20-,21-/m0/s1. The summed E-state index contributed by atoms with van der Waals surface area (Å²) in [5, 5.41) is 0. The summed E-state index contributed by atoms with van der Waals surface area (Å²) in [7, 11) is 0. The average Bonchev–Trinajstić information content (AvgIpc) is 3.39. The second kappa shape index (κ2) is 5.94. The third-order valence-corrected chi connectivity index (χ3v) is 10.4. The summed E-state index contributed by atoms with van der Waals surface area (Å²) in [4.78, 5) is 0. The van der Waals surface area contributed by atoms with E-state index in [4.69, 9.17) is 24.7 Å². The lowest BCUT2D eigenvalue weighted by Crippen LogP contribution is -2.63. The molecule has 0 amide bonds. The van der Waals surface area contributed by atoms with Crippen molar-refractivity contribution in [2.24, 2.45) is 40.2 Å². The number of ether oxygens (including phenoxy) is 4. The number of fused-ring (bicyclic) bond motifs is 6. The van der Waals surface area contributed by atoms with Crippen molar-refractivity contribution in [1.82, 2.24) is 0 Å². The van der Waals surface area contributed by atoms with E-state index in [9.17, 15) is 0 Å². The predicted octanol–water partition coefficient (Wildman–Crippen LogP) is 3.45. The summed E-state index contributed by atoms with van der Waals surface area (Å²) in [6.07, 6.45) is 9.17. The number of nitrogens with two attached hydrogens (primary N) is 1. The molecule has 5 nitrogen and oxygen atoms in total. The van der Waals surface area contributed by atoms with E-state index in [0.717, 1.165) is 58.0 Å². The molecule has 7 atom stereocenters. The topological polar surface area (TPSA) is 62.9 Å². The molecular formula is C23H37NO4. The van der Waals surface area contributed by atoms with Gasteiger partial charge in [-0.15, -0.1) is 0 Å². The van der Waals surface area contributed by atoms with E-state index in [1.54, 1.807) is 0 Å². The summed E-state index contributed by atoms with van der Waals surface area (Å²) in [6.45, 7) is 8.03. The Labute approximate surface area is 169 Å². The highest BCUT2D eigenvalue weighted by Crippen LogP contribution is 2.70. The predicted molar refractivity (Wildman–Crippen MR) is 104 cm³/mol. The first-order valence-electron chi connectivity index (χ1n) is 11.7. The maximum Gasteiger partial charge on any atom is 0.174 e. The molecule has 6 fully saturated rings. The zero-order valence-electron chi connectivity index (χ0n) is 17.6. The molecule has 0 bridgehead atoms. The van der Waals surface area contributed by atoms with Crippen LogP contribution in [0.3, 0.4) is 0 Å². The van der Waals surface area contributed by atoms with E-state index in [0.29, 0.717) is 23.2 Å². The number of rotatable bonds is 0. The van der Waals surface area contributed by atoms with Crippen molar-refractivity contribution in [2.45, 2.75) is 82.8 Å². The van der Waals surface area contributed by atoms with Crippen LogP contribution in [-0.2, 0) is 18.9 Å². The zero-order chi connectivity index (χ0) is 19.2. The first-order chi connectivity index (χ1) is 13.4. The lowest BCUT2D eigenvalue weighted by atomic mass is 9.43. The monoisotopic (exact) mass is 391 g/mol. The minimum absolute atomic E-state index is 0.124. The van der Waals surface area contributed by atoms with Gasteiger partial charge in [-0.25, -0.2) is 0 Å². The Morgan fingerprint density at radius 2 is 1.46 bits per heavy atom. The minimum Gasteiger partial charge on any atom is -0.348 e. The second-order valence-electron chi connectivity index (χ2n) is 11.1. The van der Waals surface area contributed by atoms with Gasteiger partial charge < -0.3 is 24.7 Å². The molecule has 0 radical (unpaired) electrons. The van der Waals surface area contributed by atoms with Crippen molar-refractivity contribution in [1.29, 1.82) is 0 Å². The Morgan fingerprint density at radius 3 is 2.21 bits per heavy atom. The van der Waals surface area contributed by atoms with E-state index in [2.05, 4.69) is 13.8 Å². The third-order valence-electron chi connectivity index (χ3n) is 10.4. The van der Waals surface area contributed by atoms with Crippen molar-refractivity contribution in [3.05, 3.63) is 0 Å². The molecule has 2 spiro atoms. The van der Waals surface area contributed by atoms with E-state index < -0.39 is 0 Å². The van der Waals surface area contributed by atoms with Crippen molar-refractivity contribution in [3.8, 4) is 0 Å². The van der Waals surface area contributed by atoms with Gasteiger partial charge in [0, 0.05) is 30.7 Å². The summed E-state index contributed by atoms with van der Waals surface area (Å²) in [5.74, 6) is 1.94. The molecular weight excluding hydrogens is 354 g/mol. The highest BCUT2D eigenvalue weighted by molar-refractivity contribution is 5.15. The molecule has 4 saturated carbocycles. The van der Waals surface area contributed by atoms with Crippen molar-refractivity contribution >= 4 is 0 Å². The van der Waals surface area contributed by atoms with Gasteiger partial charge in [0.25, 0.3) is 0 Å². The first kappa shape index (κ1) is 18.6. The minimum atomic E-state index is -0.331. The largest absolute Gasteiger partial charge is 0.348 e. The lowest BCUT2D eigenvalue weighted by molar-refractivity contribution is -0.259. The highest BCUT2D eigenvalue weighted by Gasteiger charge is 2.69. The van der Waals surface area contributed by atoms with Crippen molar-refractivity contribution in [3.63, 3.8) is 0 Å². The van der Waals surface area contributed by atoms with Gasteiger partial charge in [-0.3, -0.25) is 0 Å². The Kier molecular flexibility index (Phi) is 3.94. The molecule has 0 aromatic rings. The Bertz CT molecular complexity index is 643. The van der Waals surface area contributed by atoms with Gasteiger partial charge in [0.2, 0.25) is 0 Å². The highest BCUT2D eigenvalue weighted by atomic mass is 16.7. The van der Waals surface area contributed by atoms with E-state index >= 15 is 0 Å². The zero-order valence-corrected chi connectivity index (χ0v) is 17.6. The van der Waals surface area contributed by atoms with Crippen LogP contribution in [0.25, 0.3) is 0 Å². The molecule has 4 aliphatic carbocycles. The molecule has 5 heteroatoms. The van der Waals surface area contributed by atoms with Crippen LogP contribution >= 0.6 is 0 Å². The Hall–Kier alpha value is -0.200. The van der Waals surface area contributed by atoms with Gasteiger partial charge in [-0.1, -0.05) is 13.8 Å². The fourth-order valence-electron chi connectivity index (χ4n) is 8.91. The van der Waals surface area contributed by atoms with Crippen molar-refractivity contribution in [2.75, 3.05) is 26.4 Å². The van der Waals surface area contributed by atoms with E-state index in [-0.39, 0.29) is 23.0 Å². The normalized spacial score (nSPS) is 53.9. The summed E-state index contributed by atoms with van der Waals surface area (Å²) in [5.41, 5.74) is 7.48. The maximum atomic E-state index is 6.98. The van der Waals surface area contributed by atoms with Crippen LogP contribution < -0.4 is 5.73 Å². The van der Waals surface area contributed by atoms with Crippen LogP contribution in [-0.4, -0.2) is 44.0 Å². The van der Waals surface area contributed by atoms with Crippen LogP contribution in [0.4, 0.5) is 0 Å². The lowest BCUT2D eigenvalue weighted by Gasteiger charge is -2.63. The van der Waals surface area contributed by atoms with Crippen LogP contribution in [0.5, 0.6) is 0 Å². The molecule has 0 aromatic carbocycles. The molecule has 158 valence electrons. The Morgan fingerprint density at radius 1 is 0.786 bits per heavy atom. The molecule has 6 rings (SSSR count). The molecule has 2 aliphatic heterocycles. The molecule has 6 aliphatic rings. The Balaban J connectivity index is 1.31. The second-order valence-corrected chi connectivity index (χ2v) is 11.1. The molecule has 2 N–H and O–H groups in total. The van der Waals surface area contributed by atoms with Crippen LogP contribution in [0, 0.1) is 34.5 Å². The van der Waals surface area contributed by atoms with E-state index in [1.807, 2.05) is 0 Å². The van der Waals surface area contributed by atoms with Gasteiger partial charge >= 0.3 is 0 Å². The molecule has 28 heavy (non-hydrogen) atoms. The number of hydrogen-bond acceptors (Lipinski definition) is 5. The summed E-state index contributed by atoms with van der Waals surface area (Å²) >= 11 is 0. The van der Waals surface area contributed by atoms with Crippen LogP contribution in [0.15, 0.2) is 0 Å². The first-order valence-corrected chi connectivity index (χ1v) is 11.7. The molecule has 2 saturated heterocycles. The average molecular weight is 392 g/mol. The number of hydrogen-bond donors (Lipinski definition) is 1. The van der Waals surface area contributed by atoms with Crippen molar-refractivity contribution < 1.29 is 18.9 Å². The molecule has 1 unspecified atom stereocenters. The molecule has 0 aromatic heterocycles. The third kappa shape index (κ3) is 2.21. The van der Waals surface area contributed by atoms with Crippen LogP contribution in [0.2, 0.25) is 0 Å². The quantitative estimate of drug-likeness (QED) is 0.685. The van der Waals surface area contributed by atoms with E-state index in [1.165, 1.54) is 25.7 Å². The van der Waals surface area contributed by atoms with Gasteiger partial charge in [-0.05, 0) is 61.2 Å². The van der Waals surface area contributed by atoms with Gasteiger partial charge in [0.15, 0.2) is 11.6 Å². The fourth-order valence-corrected chi connectivity index (χ4v) is 8.91. The maximum absolute atomic E-state index is 6.98. The van der Waals surface area contributed by atoms with Gasteiger partial charge in [-0.2, -0.15) is 0 Å². The summed E-state index contributed by atoms with van der Waals surface area (Å²) in [6, 6.07) is 0.279. The van der Waals surface area contributed by atoms with Gasteiger partial charge in [0.05, 0.1) is 26.4 Å². The molecule has 2 heterocycles. The van der Waals surface area contributed by atoms with Gasteiger partial charge in [0.1, 0.15) is 0 Å². The SMILES string of the molecule is C[C@]12CCC3(CC1C[C@@H](N)[C@@H]1[C@@H]2CC[C@@]2(C)[C@H]1CCC21OCCO1)OCCO3.